The van der Waals surface area contributed by atoms with Crippen LogP contribution in [0.2, 0.25) is 0 Å². The summed E-state index contributed by atoms with van der Waals surface area (Å²) < 4.78 is 10.1. The monoisotopic (exact) mass is 278 g/mol. The van der Waals surface area contributed by atoms with Crippen LogP contribution >= 0.6 is 0 Å². The second-order valence-corrected chi connectivity index (χ2v) is 5.13. The summed E-state index contributed by atoms with van der Waals surface area (Å²) in [6.45, 7) is 5.32. The number of methoxy groups -OCH3 is 1. The second kappa shape index (κ2) is 6.23. The van der Waals surface area contributed by atoms with E-state index in [0.717, 1.165) is 0 Å². The van der Waals surface area contributed by atoms with Gasteiger partial charge in [0, 0.05) is 6.08 Å². The molecule has 0 saturated carbocycles. The predicted octanol–water partition coefficient (Wildman–Crippen LogP) is 2.75. The lowest BCUT2D eigenvalue weighted by molar-refractivity contribution is -0.148. The van der Waals surface area contributed by atoms with Gasteiger partial charge < -0.3 is 14.6 Å². The Hall–Kier alpha value is -2.30. The van der Waals surface area contributed by atoms with Crippen molar-refractivity contribution in [2.24, 2.45) is 0 Å². The molecule has 0 radical (unpaired) electrons. The molecule has 0 aromatic heterocycles. The maximum atomic E-state index is 11.5. The van der Waals surface area contributed by atoms with E-state index in [1.54, 1.807) is 26.8 Å². The van der Waals surface area contributed by atoms with Gasteiger partial charge in [0.1, 0.15) is 16.9 Å². The quantitative estimate of drug-likeness (QED) is 0.677. The number of carbonyl (C=O) groups excluding carboxylic acids is 1. The van der Waals surface area contributed by atoms with Gasteiger partial charge in [-0.05, 0) is 44.5 Å². The van der Waals surface area contributed by atoms with Crippen molar-refractivity contribution in [3.05, 3.63) is 35.4 Å². The molecule has 0 saturated heterocycles. The first-order chi connectivity index (χ1) is 9.23. The number of hydrogen-bond acceptors (Lipinski definition) is 4. The van der Waals surface area contributed by atoms with Crippen molar-refractivity contribution in [2.75, 3.05) is 7.11 Å². The highest BCUT2D eigenvalue weighted by molar-refractivity contribution is 5.92. The van der Waals surface area contributed by atoms with Gasteiger partial charge in [0.15, 0.2) is 0 Å². The van der Waals surface area contributed by atoms with E-state index in [4.69, 9.17) is 14.6 Å². The fourth-order valence-corrected chi connectivity index (χ4v) is 1.50. The largest absolute Gasteiger partial charge is 0.496 e. The average molecular weight is 278 g/mol. The molecule has 0 amide bonds. The summed E-state index contributed by atoms with van der Waals surface area (Å²) in [7, 11) is 1.40. The number of rotatable bonds is 4. The van der Waals surface area contributed by atoms with Gasteiger partial charge in [0.25, 0.3) is 0 Å². The van der Waals surface area contributed by atoms with Crippen LogP contribution in [-0.4, -0.2) is 29.8 Å². The molecule has 5 nitrogen and oxygen atoms in total. The zero-order valence-corrected chi connectivity index (χ0v) is 12.0. The molecule has 0 fully saturated rings. The first-order valence-electron chi connectivity index (χ1n) is 6.05. The van der Waals surface area contributed by atoms with Crippen LogP contribution in [0.15, 0.2) is 24.3 Å². The lowest BCUT2D eigenvalue weighted by atomic mass is 10.1. The minimum atomic E-state index is -1.09. The molecule has 1 aromatic carbocycles. The van der Waals surface area contributed by atoms with Crippen molar-refractivity contribution in [1.82, 2.24) is 0 Å². The lowest BCUT2D eigenvalue weighted by Gasteiger charge is -2.17. The molecule has 108 valence electrons. The maximum Gasteiger partial charge on any atom is 0.339 e. The number of hydrogen-bond donors (Lipinski definition) is 1. The Morgan fingerprint density at radius 1 is 1.25 bits per heavy atom. The molecule has 0 bridgehead atoms. The third-order valence-corrected chi connectivity index (χ3v) is 2.27. The normalized spacial score (nSPS) is 11.4. The van der Waals surface area contributed by atoms with E-state index >= 15 is 0 Å². The Kier molecular flexibility index (Phi) is 4.91. The summed E-state index contributed by atoms with van der Waals surface area (Å²) in [6.07, 6.45) is 2.76. The van der Waals surface area contributed by atoms with E-state index in [2.05, 4.69) is 0 Å². The zero-order valence-electron chi connectivity index (χ0n) is 12.0. The molecule has 0 atom stereocenters. The number of benzene rings is 1. The molecule has 1 N–H and O–H groups in total. The maximum absolute atomic E-state index is 11.5. The third-order valence-electron chi connectivity index (χ3n) is 2.27. The van der Waals surface area contributed by atoms with E-state index in [1.165, 1.54) is 31.4 Å². The van der Waals surface area contributed by atoms with E-state index in [0.29, 0.717) is 5.56 Å². The van der Waals surface area contributed by atoms with Crippen LogP contribution in [0.1, 0.15) is 36.7 Å². The molecule has 1 aromatic rings. The molecule has 0 aliphatic heterocycles. The minimum Gasteiger partial charge on any atom is -0.496 e. The van der Waals surface area contributed by atoms with Crippen LogP contribution in [-0.2, 0) is 9.53 Å². The molecule has 0 aliphatic carbocycles. The molecule has 5 heteroatoms. The van der Waals surface area contributed by atoms with Gasteiger partial charge in [-0.3, -0.25) is 0 Å². The number of esters is 1. The van der Waals surface area contributed by atoms with Gasteiger partial charge >= 0.3 is 11.9 Å². The third kappa shape index (κ3) is 4.76. The van der Waals surface area contributed by atoms with Crippen molar-refractivity contribution in [3.63, 3.8) is 0 Å². The number of aromatic carboxylic acids is 1. The molecule has 0 spiro atoms. The Labute approximate surface area is 117 Å². The van der Waals surface area contributed by atoms with Crippen LogP contribution in [0, 0.1) is 0 Å². The van der Waals surface area contributed by atoms with E-state index < -0.39 is 17.5 Å². The van der Waals surface area contributed by atoms with Gasteiger partial charge in [-0.1, -0.05) is 6.07 Å². The summed E-state index contributed by atoms with van der Waals surface area (Å²) in [5.41, 5.74) is 0.0565. The van der Waals surface area contributed by atoms with Crippen LogP contribution in [0.25, 0.3) is 6.08 Å². The van der Waals surface area contributed by atoms with Crippen LogP contribution in [0.5, 0.6) is 5.75 Å². The molecule has 0 heterocycles. The summed E-state index contributed by atoms with van der Waals surface area (Å²) in [5, 5.41) is 9.06. The molecular formula is C15H18O5. The number of ether oxygens (including phenoxy) is 2. The van der Waals surface area contributed by atoms with E-state index in [1.807, 2.05) is 0 Å². The second-order valence-electron chi connectivity index (χ2n) is 5.13. The van der Waals surface area contributed by atoms with Crippen molar-refractivity contribution in [1.29, 1.82) is 0 Å². The van der Waals surface area contributed by atoms with Crippen molar-refractivity contribution < 1.29 is 24.2 Å². The summed E-state index contributed by atoms with van der Waals surface area (Å²) >= 11 is 0. The highest BCUT2D eigenvalue weighted by atomic mass is 16.6. The van der Waals surface area contributed by atoms with E-state index in [-0.39, 0.29) is 11.3 Å². The van der Waals surface area contributed by atoms with Crippen LogP contribution in [0.3, 0.4) is 0 Å². The number of carboxylic acid groups (broad SMARTS) is 1. The molecule has 1 rings (SSSR count). The number of carboxylic acids is 1. The Balaban J connectivity index is 2.91. The first kappa shape index (κ1) is 15.8. The lowest BCUT2D eigenvalue weighted by Crippen LogP contribution is -2.22. The predicted molar refractivity (Wildman–Crippen MR) is 74.8 cm³/mol. The molecule has 0 unspecified atom stereocenters. The number of carbonyl (C=O) groups is 2. The van der Waals surface area contributed by atoms with Crippen LogP contribution in [0.4, 0.5) is 0 Å². The van der Waals surface area contributed by atoms with Crippen molar-refractivity contribution in [3.8, 4) is 5.75 Å². The SMILES string of the molecule is COc1ccc(/C=C\C(=O)OC(C)(C)C)cc1C(=O)O. The Morgan fingerprint density at radius 2 is 1.90 bits per heavy atom. The Bertz CT molecular complexity index is 538. The highest BCUT2D eigenvalue weighted by Gasteiger charge is 2.14. The zero-order chi connectivity index (χ0) is 15.3. The van der Waals surface area contributed by atoms with Crippen molar-refractivity contribution >= 4 is 18.0 Å². The molecule has 20 heavy (non-hydrogen) atoms. The van der Waals surface area contributed by atoms with Gasteiger partial charge in [-0.2, -0.15) is 0 Å². The van der Waals surface area contributed by atoms with Gasteiger partial charge in [0.2, 0.25) is 0 Å². The minimum absolute atomic E-state index is 0.0406. The fourth-order valence-electron chi connectivity index (χ4n) is 1.50. The van der Waals surface area contributed by atoms with E-state index in [9.17, 15) is 9.59 Å². The molecule has 0 aliphatic rings. The molecular weight excluding hydrogens is 260 g/mol. The highest BCUT2D eigenvalue weighted by Crippen LogP contribution is 2.20. The summed E-state index contributed by atoms with van der Waals surface area (Å²) in [6, 6.07) is 4.63. The van der Waals surface area contributed by atoms with Crippen molar-refractivity contribution in [2.45, 2.75) is 26.4 Å². The van der Waals surface area contributed by atoms with Gasteiger partial charge in [-0.25, -0.2) is 9.59 Å². The van der Waals surface area contributed by atoms with Crippen LogP contribution < -0.4 is 4.74 Å². The fraction of sp³-hybridized carbons (Fsp3) is 0.333. The summed E-state index contributed by atoms with van der Waals surface area (Å²) in [5.74, 6) is -1.30. The van der Waals surface area contributed by atoms with Gasteiger partial charge in [-0.15, -0.1) is 0 Å². The standard InChI is InChI=1S/C15H18O5/c1-15(2,3)20-13(16)8-6-10-5-7-12(19-4)11(9-10)14(17)18/h5-9H,1-4H3,(H,17,18)/b8-6-. The first-order valence-corrected chi connectivity index (χ1v) is 6.05. The topological polar surface area (TPSA) is 72.8 Å². The van der Waals surface area contributed by atoms with Gasteiger partial charge in [0.05, 0.1) is 7.11 Å². The average Bonchev–Trinajstić information content (AvgIpc) is 2.33. The smallest absolute Gasteiger partial charge is 0.339 e. The Morgan fingerprint density at radius 3 is 2.40 bits per heavy atom. The summed E-state index contributed by atoms with van der Waals surface area (Å²) in [4.78, 5) is 22.6.